The Kier molecular flexibility index (Phi) is 5.83. The Morgan fingerprint density at radius 1 is 1.40 bits per heavy atom. The third kappa shape index (κ3) is 6.47. The number of nitrogens with one attached hydrogen (secondary N) is 1. The highest BCUT2D eigenvalue weighted by molar-refractivity contribution is 5.78. The predicted molar refractivity (Wildman–Crippen MR) is 63.6 cm³/mol. The zero-order valence-electron chi connectivity index (χ0n) is 10.6. The number of carbonyl (C=O) groups is 1. The van der Waals surface area contributed by atoms with Crippen molar-refractivity contribution in [3.05, 3.63) is 0 Å². The molecule has 0 aliphatic heterocycles. The van der Waals surface area contributed by atoms with Crippen LogP contribution in [0, 0.1) is 5.41 Å². The van der Waals surface area contributed by atoms with Crippen LogP contribution in [0.3, 0.4) is 0 Å². The van der Waals surface area contributed by atoms with E-state index in [4.69, 9.17) is 5.73 Å². The van der Waals surface area contributed by atoms with Gasteiger partial charge in [0, 0.05) is 6.04 Å². The lowest BCUT2D eigenvalue weighted by molar-refractivity contribution is -0.121. The molecule has 4 nitrogen and oxygen atoms in total. The summed E-state index contributed by atoms with van der Waals surface area (Å²) in [5.74, 6) is -0.0753. The number of nitrogens with zero attached hydrogens (tertiary/aromatic N) is 1. The molecular weight excluding hydrogens is 190 g/mol. The van der Waals surface area contributed by atoms with Gasteiger partial charge in [-0.1, -0.05) is 20.8 Å². The molecule has 0 saturated carbocycles. The van der Waals surface area contributed by atoms with E-state index in [1.54, 1.807) is 0 Å². The molecule has 4 heteroatoms. The van der Waals surface area contributed by atoms with Gasteiger partial charge < -0.3 is 16.0 Å². The number of hydrogen-bond donors (Lipinski definition) is 2. The van der Waals surface area contributed by atoms with Crippen LogP contribution < -0.4 is 11.1 Å². The third-order valence-corrected chi connectivity index (χ3v) is 2.43. The summed E-state index contributed by atoms with van der Waals surface area (Å²) in [4.78, 5) is 13.4. The lowest BCUT2D eigenvalue weighted by atomic mass is 9.84. The van der Waals surface area contributed by atoms with E-state index in [1.165, 1.54) is 0 Å². The second-order valence-electron chi connectivity index (χ2n) is 5.28. The quantitative estimate of drug-likeness (QED) is 0.699. The van der Waals surface area contributed by atoms with E-state index in [-0.39, 0.29) is 23.9 Å². The number of carbonyl (C=O) groups excluding carboxylic acids is 1. The molecule has 1 amide bonds. The Morgan fingerprint density at radius 3 is 2.27 bits per heavy atom. The lowest BCUT2D eigenvalue weighted by Gasteiger charge is -2.32. The first kappa shape index (κ1) is 14.4. The highest BCUT2D eigenvalue weighted by atomic mass is 16.1. The van der Waals surface area contributed by atoms with Gasteiger partial charge in [0.15, 0.2) is 0 Å². The van der Waals surface area contributed by atoms with E-state index in [9.17, 15) is 4.79 Å². The molecule has 0 aliphatic rings. The van der Waals surface area contributed by atoms with Gasteiger partial charge in [0.25, 0.3) is 0 Å². The fraction of sp³-hybridized carbons (Fsp3) is 0.909. The topological polar surface area (TPSA) is 58.4 Å². The molecule has 1 atom stereocenters. The highest BCUT2D eigenvalue weighted by Crippen LogP contribution is 2.21. The van der Waals surface area contributed by atoms with Gasteiger partial charge in [-0.15, -0.1) is 0 Å². The van der Waals surface area contributed by atoms with E-state index in [2.05, 4.69) is 31.0 Å². The molecule has 0 bridgehead atoms. The van der Waals surface area contributed by atoms with E-state index >= 15 is 0 Å². The molecular formula is C11H25N3O. The van der Waals surface area contributed by atoms with Crippen LogP contribution in [0.2, 0.25) is 0 Å². The summed E-state index contributed by atoms with van der Waals surface area (Å²) in [6.07, 6.45) is 0.947. The minimum Gasteiger partial charge on any atom is -0.352 e. The van der Waals surface area contributed by atoms with Crippen molar-refractivity contribution in [2.24, 2.45) is 11.1 Å². The van der Waals surface area contributed by atoms with Crippen LogP contribution in [-0.2, 0) is 4.79 Å². The molecule has 0 aromatic carbocycles. The summed E-state index contributed by atoms with van der Waals surface area (Å²) >= 11 is 0. The average molecular weight is 215 g/mol. The maximum Gasteiger partial charge on any atom is 0.233 e. The SMILES string of the molecule is CN(C)CCC(NC(=O)CN)C(C)(C)C. The molecule has 1 unspecified atom stereocenters. The smallest absolute Gasteiger partial charge is 0.233 e. The average Bonchev–Trinajstić information content (AvgIpc) is 2.09. The largest absolute Gasteiger partial charge is 0.352 e. The molecule has 90 valence electrons. The monoisotopic (exact) mass is 215 g/mol. The molecule has 15 heavy (non-hydrogen) atoms. The molecule has 0 fully saturated rings. The first-order chi connectivity index (χ1) is 6.77. The number of hydrogen-bond acceptors (Lipinski definition) is 3. The highest BCUT2D eigenvalue weighted by Gasteiger charge is 2.25. The Bertz CT molecular complexity index is 196. The van der Waals surface area contributed by atoms with Gasteiger partial charge >= 0.3 is 0 Å². The normalized spacial score (nSPS) is 14.1. The van der Waals surface area contributed by atoms with Crippen molar-refractivity contribution < 1.29 is 4.79 Å². The summed E-state index contributed by atoms with van der Waals surface area (Å²) < 4.78 is 0. The van der Waals surface area contributed by atoms with Crippen molar-refractivity contribution in [3.63, 3.8) is 0 Å². The molecule has 0 aromatic rings. The van der Waals surface area contributed by atoms with Crippen LogP contribution in [0.15, 0.2) is 0 Å². The van der Waals surface area contributed by atoms with Crippen molar-refractivity contribution in [2.45, 2.75) is 33.2 Å². The number of nitrogens with two attached hydrogens (primary N) is 1. The zero-order chi connectivity index (χ0) is 12.1. The molecule has 0 spiro atoms. The summed E-state index contributed by atoms with van der Waals surface area (Å²) in [5, 5.41) is 2.97. The molecule has 0 radical (unpaired) electrons. The second-order valence-corrected chi connectivity index (χ2v) is 5.28. The van der Waals surface area contributed by atoms with Gasteiger partial charge in [-0.25, -0.2) is 0 Å². The molecule has 0 aromatic heterocycles. The number of rotatable bonds is 5. The summed E-state index contributed by atoms with van der Waals surface area (Å²) in [7, 11) is 4.06. The Balaban J connectivity index is 4.26. The van der Waals surface area contributed by atoms with Gasteiger partial charge in [0.1, 0.15) is 0 Å². The van der Waals surface area contributed by atoms with Crippen molar-refractivity contribution >= 4 is 5.91 Å². The zero-order valence-corrected chi connectivity index (χ0v) is 10.6. The van der Waals surface area contributed by atoms with E-state index in [0.29, 0.717) is 0 Å². The van der Waals surface area contributed by atoms with Gasteiger partial charge in [-0.2, -0.15) is 0 Å². The molecule has 3 N–H and O–H groups in total. The lowest BCUT2D eigenvalue weighted by Crippen LogP contribution is -2.47. The van der Waals surface area contributed by atoms with E-state index in [0.717, 1.165) is 13.0 Å². The van der Waals surface area contributed by atoms with Gasteiger partial charge in [0.05, 0.1) is 6.54 Å². The van der Waals surface area contributed by atoms with Gasteiger partial charge in [0.2, 0.25) is 5.91 Å². The van der Waals surface area contributed by atoms with Crippen molar-refractivity contribution in [3.8, 4) is 0 Å². The van der Waals surface area contributed by atoms with Gasteiger partial charge in [-0.05, 0) is 32.5 Å². The maximum atomic E-state index is 11.3. The van der Waals surface area contributed by atoms with Crippen molar-refractivity contribution in [1.82, 2.24) is 10.2 Å². The summed E-state index contributed by atoms with van der Waals surface area (Å²) in [5.41, 5.74) is 5.37. The van der Waals surface area contributed by atoms with Crippen LogP contribution in [0.5, 0.6) is 0 Å². The first-order valence-electron chi connectivity index (χ1n) is 5.41. The standard InChI is InChI=1S/C11H25N3O/c1-11(2,3)9(6-7-14(4)5)13-10(15)8-12/h9H,6-8,12H2,1-5H3,(H,13,15). The fourth-order valence-electron chi connectivity index (χ4n) is 1.36. The van der Waals surface area contributed by atoms with Crippen LogP contribution >= 0.6 is 0 Å². The fourth-order valence-corrected chi connectivity index (χ4v) is 1.36. The van der Waals surface area contributed by atoms with Crippen LogP contribution in [0.25, 0.3) is 0 Å². The second kappa shape index (κ2) is 6.08. The Hall–Kier alpha value is -0.610. The van der Waals surface area contributed by atoms with Crippen LogP contribution in [-0.4, -0.2) is 44.0 Å². The van der Waals surface area contributed by atoms with E-state index < -0.39 is 0 Å². The minimum atomic E-state index is -0.0753. The molecule has 0 saturated heterocycles. The Labute approximate surface area is 93.2 Å². The summed E-state index contributed by atoms with van der Waals surface area (Å²) in [6, 6.07) is 0.177. The minimum absolute atomic E-state index is 0.0640. The van der Waals surface area contributed by atoms with Crippen molar-refractivity contribution in [1.29, 1.82) is 0 Å². The molecule has 0 rings (SSSR count). The Morgan fingerprint density at radius 2 is 1.93 bits per heavy atom. The van der Waals surface area contributed by atoms with Gasteiger partial charge in [-0.3, -0.25) is 4.79 Å². The van der Waals surface area contributed by atoms with Crippen LogP contribution in [0.1, 0.15) is 27.2 Å². The third-order valence-electron chi connectivity index (χ3n) is 2.43. The first-order valence-corrected chi connectivity index (χ1v) is 5.41. The predicted octanol–water partition coefficient (Wildman–Crippen LogP) is 0.428. The molecule has 0 heterocycles. The van der Waals surface area contributed by atoms with Crippen LogP contribution in [0.4, 0.5) is 0 Å². The summed E-state index contributed by atoms with van der Waals surface area (Å²) in [6.45, 7) is 7.42. The molecule has 0 aliphatic carbocycles. The maximum absolute atomic E-state index is 11.3. The van der Waals surface area contributed by atoms with E-state index in [1.807, 2.05) is 14.1 Å². The van der Waals surface area contributed by atoms with Crippen molar-refractivity contribution in [2.75, 3.05) is 27.2 Å². The number of amides is 1.